The molecular formula is C17H33NO. The molecule has 0 aromatic heterocycles. The van der Waals surface area contributed by atoms with Gasteiger partial charge in [0.2, 0.25) is 0 Å². The highest BCUT2D eigenvalue weighted by atomic mass is 16.1. The normalized spacial score (nSPS) is 14.8. The lowest BCUT2D eigenvalue weighted by Gasteiger charge is -2.03. The molecule has 0 aliphatic heterocycles. The molecule has 112 valence electrons. The molecule has 1 aliphatic carbocycles. The molecule has 2 heteroatoms. The van der Waals surface area contributed by atoms with E-state index in [9.17, 15) is 4.79 Å². The van der Waals surface area contributed by atoms with E-state index >= 15 is 0 Å². The molecule has 0 heterocycles. The van der Waals surface area contributed by atoms with Gasteiger partial charge in [0.15, 0.2) is 0 Å². The van der Waals surface area contributed by atoms with Crippen molar-refractivity contribution >= 4 is 5.78 Å². The third kappa shape index (κ3) is 11.2. The zero-order chi connectivity index (χ0) is 13.8. The summed E-state index contributed by atoms with van der Waals surface area (Å²) >= 11 is 0. The third-order valence-electron chi connectivity index (χ3n) is 3.97. The van der Waals surface area contributed by atoms with Crippen LogP contribution < -0.4 is 5.32 Å². The van der Waals surface area contributed by atoms with Crippen LogP contribution in [0.5, 0.6) is 0 Å². The number of unbranched alkanes of at least 4 members (excludes halogenated alkanes) is 9. The summed E-state index contributed by atoms with van der Waals surface area (Å²) < 4.78 is 0. The van der Waals surface area contributed by atoms with Crippen LogP contribution in [-0.4, -0.2) is 18.4 Å². The third-order valence-corrected chi connectivity index (χ3v) is 3.97. The van der Waals surface area contributed by atoms with Crippen molar-refractivity contribution in [3.8, 4) is 0 Å². The van der Waals surface area contributed by atoms with Gasteiger partial charge in [0, 0.05) is 12.5 Å². The van der Waals surface area contributed by atoms with E-state index in [4.69, 9.17) is 0 Å². The monoisotopic (exact) mass is 267 g/mol. The van der Waals surface area contributed by atoms with E-state index in [0.717, 1.165) is 12.8 Å². The second kappa shape index (κ2) is 11.5. The van der Waals surface area contributed by atoms with Crippen LogP contribution in [0.25, 0.3) is 0 Å². The van der Waals surface area contributed by atoms with Crippen molar-refractivity contribution < 1.29 is 4.79 Å². The van der Waals surface area contributed by atoms with E-state index in [2.05, 4.69) is 12.2 Å². The fraction of sp³-hybridized carbons (Fsp3) is 0.941. The smallest absolute Gasteiger partial charge is 0.146 e. The highest BCUT2D eigenvalue weighted by molar-refractivity contribution is 5.80. The van der Waals surface area contributed by atoms with Crippen LogP contribution in [0.3, 0.4) is 0 Å². The lowest BCUT2D eigenvalue weighted by molar-refractivity contribution is -0.118. The Balaban J connectivity index is 1.71. The van der Waals surface area contributed by atoms with Gasteiger partial charge >= 0.3 is 0 Å². The van der Waals surface area contributed by atoms with Gasteiger partial charge in [-0.1, -0.05) is 64.7 Å². The summed E-state index contributed by atoms with van der Waals surface area (Å²) in [5, 5.41) is 3.29. The molecule has 1 aliphatic rings. The SMILES string of the molecule is CCCCCCCCCCCCC(=O)CNC1CC1. The number of carbonyl (C=O) groups is 1. The van der Waals surface area contributed by atoms with Gasteiger partial charge in [0.1, 0.15) is 5.78 Å². The maximum absolute atomic E-state index is 11.5. The van der Waals surface area contributed by atoms with Crippen LogP contribution in [0.2, 0.25) is 0 Å². The Kier molecular flexibility index (Phi) is 10.1. The number of carbonyl (C=O) groups excluding carboxylic acids is 1. The molecule has 1 fully saturated rings. The summed E-state index contributed by atoms with van der Waals surface area (Å²) in [5.41, 5.74) is 0. The van der Waals surface area contributed by atoms with Gasteiger partial charge in [-0.3, -0.25) is 4.79 Å². The fourth-order valence-electron chi connectivity index (χ4n) is 2.44. The predicted molar refractivity (Wildman–Crippen MR) is 82.5 cm³/mol. The maximum Gasteiger partial charge on any atom is 0.146 e. The molecule has 1 saturated carbocycles. The van der Waals surface area contributed by atoms with Gasteiger partial charge in [-0.15, -0.1) is 0 Å². The van der Waals surface area contributed by atoms with Crippen LogP contribution in [-0.2, 0) is 4.79 Å². The summed E-state index contributed by atoms with van der Waals surface area (Å²) in [6.45, 7) is 2.88. The molecule has 19 heavy (non-hydrogen) atoms. The molecule has 0 spiro atoms. The fourth-order valence-corrected chi connectivity index (χ4v) is 2.44. The van der Waals surface area contributed by atoms with Crippen LogP contribution in [0.15, 0.2) is 0 Å². The second-order valence-corrected chi connectivity index (χ2v) is 6.13. The lowest BCUT2D eigenvalue weighted by atomic mass is 10.1. The summed E-state index contributed by atoms with van der Waals surface area (Å²) in [6, 6.07) is 0.664. The first kappa shape index (κ1) is 16.7. The lowest BCUT2D eigenvalue weighted by Crippen LogP contribution is -2.24. The maximum atomic E-state index is 11.5. The van der Waals surface area contributed by atoms with E-state index in [0.29, 0.717) is 18.4 Å². The first-order chi connectivity index (χ1) is 9.33. The van der Waals surface area contributed by atoms with Gasteiger partial charge in [-0.05, 0) is 19.3 Å². The molecule has 1 rings (SSSR count). The molecule has 0 saturated heterocycles. The van der Waals surface area contributed by atoms with Crippen molar-refractivity contribution in [3.05, 3.63) is 0 Å². The van der Waals surface area contributed by atoms with Crippen molar-refractivity contribution in [2.24, 2.45) is 0 Å². The molecule has 0 aromatic rings. The van der Waals surface area contributed by atoms with Crippen molar-refractivity contribution in [3.63, 3.8) is 0 Å². The van der Waals surface area contributed by atoms with Gasteiger partial charge in [0.05, 0.1) is 6.54 Å². The number of nitrogens with one attached hydrogen (secondary N) is 1. The Hall–Kier alpha value is -0.370. The van der Waals surface area contributed by atoms with E-state index in [1.807, 2.05) is 0 Å². The Morgan fingerprint density at radius 1 is 0.895 bits per heavy atom. The molecule has 1 N–H and O–H groups in total. The summed E-state index contributed by atoms with van der Waals surface area (Å²) in [5.74, 6) is 0.409. The van der Waals surface area contributed by atoms with Crippen LogP contribution >= 0.6 is 0 Å². The highest BCUT2D eigenvalue weighted by Gasteiger charge is 2.20. The minimum absolute atomic E-state index is 0.409. The topological polar surface area (TPSA) is 29.1 Å². The van der Waals surface area contributed by atoms with E-state index in [-0.39, 0.29) is 0 Å². The molecule has 0 bridgehead atoms. The Labute approximate surface area is 119 Å². The molecular weight excluding hydrogens is 234 g/mol. The number of hydrogen-bond donors (Lipinski definition) is 1. The molecule has 0 amide bonds. The first-order valence-corrected chi connectivity index (χ1v) is 8.58. The van der Waals surface area contributed by atoms with Gasteiger partial charge < -0.3 is 5.32 Å². The summed E-state index contributed by atoms with van der Waals surface area (Å²) in [4.78, 5) is 11.5. The predicted octanol–water partition coefficient (Wildman–Crippen LogP) is 4.62. The average molecular weight is 267 g/mol. The highest BCUT2D eigenvalue weighted by Crippen LogP contribution is 2.18. The van der Waals surface area contributed by atoms with Crippen LogP contribution in [0.4, 0.5) is 0 Å². The van der Waals surface area contributed by atoms with E-state index < -0.39 is 0 Å². The molecule has 0 atom stereocenters. The Morgan fingerprint density at radius 3 is 1.95 bits per heavy atom. The van der Waals surface area contributed by atoms with E-state index in [1.54, 1.807) is 0 Å². The van der Waals surface area contributed by atoms with Crippen molar-refractivity contribution in [2.75, 3.05) is 6.54 Å². The van der Waals surface area contributed by atoms with Gasteiger partial charge in [-0.2, -0.15) is 0 Å². The molecule has 0 aromatic carbocycles. The molecule has 0 radical (unpaired) electrons. The van der Waals surface area contributed by atoms with Crippen molar-refractivity contribution in [2.45, 2.75) is 96.4 Å². The van der Waals surface area contributed by atoms with Crippen molar-refractivity contribution in [1.29, 1.82) is 0 Å². The number of rotatable bonds is 14. The van der Waals surface area contributed by atoms with Crippen LogP contribution in [0, 0.1) is 0 Å². The van der Waals surface area contributed by atoms with Gasteiger partial charge in [0.25, 0.3) is 0 Å². The standard InChI is InChI=1S/C17H33NO/c1-2-3-4-5-6-7-8-9-10-11-12-17(19)15-18-16-13-14-16/h16,18H,2-15H2,1H3. The quantitative estimate of drug-likeness (QED) is 0.465. The minimum Gasteiger partial charge on any atom is -0.307 e. The average Bonchev–Trinajstić information content (AvgIpc) is 3.23. The summed E-state index contributed by atoms with van der Waals surface area (Å²) in [7, 11) is 0. The van der Waals surface area contributed by atoms with Crippen molar-refractivity contribution in [1.82, 2.24) is 5.32 Å². The van der Waals surface area contributed by atoms with E-state index in [1.165, 1.54) is 70.6 Å². The second-order valence-electron chi connectivity index (χ2n) is 6.13. The number of ketones is 1. The largest absolute Gasteiger partial charge is 0.307 e. The Morgan fingerprint density at radius 2 is 1.42 bits per heavy atom. The van der Waals surface area contributed by atoms with Crippen LogP contribution in [0.1, 0.15) is 90.4 Å². The molecule has 2 nitrogen and oxygen atoms in total. The number of hydrogen-bond acceptors (Lipinski definition) is 2. The first-order valence-electron chi connectivity index (χ1n) is 8.58. The minimum atomic E-state index is 0.409. The number of Topliss-reactive ketones (excluding diaryl/α,β-unsaturated/α-hetero) is 1. The zero-order valence-corrected chi connectivity index (χ0v) is 12.9. The van der Waals surface area contributed by atoms with Gasteiger partial charge in [-0.25, -0.2) is 0 Å². The zero-order valence-electron chi connectivity index (χ0n) is 12.9. The Bertz CT molecular complexity index is 223. The summed E-state index contributed by atoms with van der Waals surface area (Å²) in [6.07, 6.45) is 16.7. The molecule has 0 unspecified atom stereocenters.